The topological polar surface area (TPSA) is 75.2 Å². The van der Waals surface area contributed by atoms with E-state index in [0.29, 0.717) is 27.7 Å². The second-order valence-corrected chi connectivity index (χ2v) is 6.05. The first-order valence-electron chi connectivity index (χ1n) is 7.19. The lowest BCUT2D eigenvalue weighted by Crippen LogP contribution is -2.28. The van der Waals surface area contributed by atoms with Crippen molar-refractivity contribution in [3.8, 4) is 11.5 Å². The van der Waals surface area contributed by atoms with Crippen LogP contribution in [-0.4, -0.2) is 56.5 Å². The van der Waals surface area contributed by atoms with Crippen molar-refractivity contribution in [2.24, 2.45) is 5.10 Å². The van der Waals surface area contributed by atoms with Gasteiger partial charge in [-0.15, -0.1) is 0 Å². The zero-order valence-corrected chi connectivity index (χ0v) is 16.5. The van der Waals surface area contributed by atoms with E-state index in [1.807, 2.05) is 13.0 Å². The summed E-state index contributed by atoms with van der Waals surface area (Å²) < 4.78 is 11.9. The molecule has 0 atom stereocenters. The Bertz CT molecular complexity index is 623. The lowest BCUT2D eigenvalue weighted by molar-refractivity contribution is -0.130. The molecule has 24 heavy (non-hydrogen) atoms. The maximum atomic E-state index is 11.7. The molecule has 0 fully saturated rings. The van der Waals surface area contributed by atoms with Crippen LogP contribution in [0, 0.1) is 0 Å². The minimum absolute atomic E-state index is 0.0723. The smallest absolute Gasteiger partial charge is 0.259 e. The van der Waals surface area contributed by atoms with E-state index in [4.69, 9.17) is 21.7 Å². The summed E-state index contributed by atoms with van der Waals surface area (Å²) in [6.07, 6.45) is 1.60. The van der Waals surface area contributed by atoms with Gasteiger partial charge < -0.3 is 19.7 Å². The van der Waals surface area contributed by atoms with Crippen LogP contribution in [0.1, 0.15) is 12.5 Å². The average molecular weight is 417 g/mol. The highest BCUT2D eigenvalue weighted by Crippen LogP contribution is 2.36. The zero-order valence-electron chi connectivity index (χ0n) is 14.1. The molecule has 7 nitrogen and oxygen atoms in total. The molecule has 0 aliphatic carbocycles. The van der Waals surface area contributed by atoms with Gasteiger partial charge in [0.25, 0.3) is 5.91 Å². The SMILES string of the molecule is CCOc1cc(/C=N\NC(=S)NC)cc(Br)c1OCC(=O)N(C)C. The summed E-state index contributed by atoms with van der Waals surface area (Å²) in [6.45, 7) is 2.26. The number of ether oxygens (including phenoxy) is 2. The molecule has 0 aliphatic heterocycles. The van der Waals surface area contributed by atoms with Crippen molar-refractivity contribution in [1.29, 1.82) is 0 Å². The maximum Gasteiger partial charge on any atom is 0.259 e. The van der Waals surface area contributed by atoms with E-state index in [9.17, 15) is 4.79 Å². The lowest BCUT2D eigenvalue weighted by Gasteiger charge is -2.16. The number of likely N-dealkylation sites (N-methyl/N-ethyl adjacent to an activating group) is 1. The predicted octanol–water partition coefficient (Wildman–Crippen LogP) is 1.74. The van der Waals surface area contributed by atoms with E-state index >= 15 is 0 Å². The first kappa shape index (κ1) is 20.2. The molecule has 0 saturated heterocycles. The fourth-order valence-corrected chi connectivity index (χ4v) is 2.18. The minimum atomic E-state index is -0.139. The molecule has 1 aromatic carbocycles. The van der Waals surface area contributed by atoms with Gasteiger partial charge in [-0.3, -0.25) is 10.2 Å². The van der Waals surface area contributed by atoms with Crippen LogP contribution in [0.15, 0.2) is 21.7 Å². The van der Waals surface area contributed by atoms with Crippen LogP contribution in [0.4, 0.5) is 0 Å². The van der Waals surface area contributed by atoms with E-state index in [2.05, 4.69) is 31.8 Å². The summed E-state index contributed by atoms with van der Waals surface area (Å²) in [7, 11) is 5.05. The molecule has 9 heteroatoms. The van der Waals surface area contributed by atoms with Gasteiger partial charge in [0, 0.05) is 21.1 Å². The van der Waals surface area contributed by atoms with Gasteiger partial charge in [0.15, 0.2) is 23.2 Å². The molecule has 0 aromatic heterocycles. The number of nitrogens with zero attached hydrogens (tertiary/aromatic N) is 2. The van der Waals surface area contributed by atoms with Gasteiger partial charge in [-0.2, -0.15) is 5.10 Å². The fraction of sp³-hybridized carbons (Fsp3) is 0.400. The second-order valence-electron chi connectivity index (χ2n) is 4.79. The first-order chi connectivity index (χ1) is 11.4. The summed E-state index contributed by atoms with van der Waals surface area (Å²) in [6, 6.07) is 3.59. The Morgan fingerprint density at radius 1 is 1.42 bits per heavy atom. The van der Waals surface area contributed by atoms with Crippen LogP contribution >= 0.6 is 28.1 Å². The van der Waals surface area contributed by atoms with Gasteiger partial charge in [0.1, 0.15) is 0 Å². The number of hydrogen-bond donors (Lipinski definition) is 2. The van der Waals surface area contributed by atoms with Crippen molar-refractivity contribution in [3.63, 3.8) is 0 Å². The van der Waals surface area contributed by atoms with E-state index in [0.717, 1.165) is 5.56 Å². The standard InChI is InChI=1S/C15H21BrN4O3S/c1-5-22-12-7-10(8-18-19-15(24)17-2)6-11(16)14(12)23-9-13(21)20(3)4/h6-8H,5,9H2,1-4H3,(H2,17,19,24)/b18-8-. The van der Waals surface area contributed by atoms with Crippen molar-refractivity contribution in [3.05, 3.63) is 22.2 Å². The van der Waals surface area contributed by atoms with Crippen LogP contribution in [-0.2, 0) is 4.79 Å². The fourth-order valence-electron chi connectivity index (χ4n) is 1.55. The molecular weight excluding hydrogens is 396 g/mol. The molecule has 0 radical (unpaired) electrons. The number of rotatable bonds is 7. The summed E-state index contributed by atoms with van der Waals surface area (Å²) in [5.74, 6) is 0.860. The normalized spacial score (nSPS) is 10.4. The Morgan fingerprint density at radius 3 is 2.71 bits per heavy atom. The quantitative estimate of drug-likeness (QED) is 0.400. The minimum Gasteiger partial charge on any atom is -0.490 e. The highest BCUT2D eigenvalue weighted by atomic mass is 79.9. The number of thiocarbonyl (C=S) groups is 1. The molecule has 0 bridgehead atoms. The monoisotopic (exact) mass is 416 g/mol. The summed E-state index contributed by atoms with van der Waals surface area (Å²) in [5.41, 5.74) is 3.45. The number of amides is 1. The summed E-state index contributed by atoms with van der Waals surface area (Å²) in [4.78, 5) is 13.2. The Hall–Kier alpha value is -1.87. The molecule has 132 valence electrons. The molecule has 0 spiro atoms. The van der Waals surface area contributed by atoms with Crippen molar-refractivity contribution >= 4 is 45.4 Å². The molecular formula is C15H21BrN4O3S. The van der Waals surface area contributed by atoms with Crippen LogP contribution in [0.5, 0.6) is 11.5 Å². The van der Waals surface area contributed by atoms with Gasteiger partial charge in [-0.25, -0.2) is 0 Å². The van der Waals surface area contributed by atoms with Crippen LogP contribution in [0.3, 0.4) is 0 Å². The number of nitrogens with one attached hydrogen (secondary N) is 2. The number of benzene rings is 1. The lowest BCUT2D eigenvalue weighted by atomic mass is 10.2. The Balaban J connectivity index is 2.96. The summed E-state index contributed by atoms with van der Waals surface area (Å²) in [5, 5.41) is 7.20. The van der Waals surface area contributed by atoms with Crippen molar-refractivity contribution in [2.45, 2.75) is 6.92 Å². The highest BCUT2D eigenvalue weighted by Gasteiger charge is 2.14. The number of halogens is 1. The van der Waals surface area contributed by atoms with E-state index in [1.165, 1.54) is 4.90 Å². The molecule has 0 heterocycles. The van der Waals surface area contributed by atoms with Gasteiger partial charge in [-0.1, -0.05) is 0 Å². The predicted molar refractivity (Wildman–Crippen MR) is 102 cm³/mol. The van der Waals surface area contributed by atoms with Crippen LogP contribution < -0.4 is 20.2 Å². The molecule has 1 amide bonds. The van der Waals surface area contributed by atoms with Crippen LogP contribution in [0.2, 0.25) is 0 Å². The highest BCUT2D eigenvalue weighted by molar-refractivity contribution is 9.10. The van der Waals surface area contributed by atoms with E-state index < -0.39 is 0 Å². The second kappa shape index (κ2) is 10.1. The summed E-state index contributed by atoms with van der Waals surface area (Å²) >= 11 is 8.38. The molecule has 1 aromatic rings. The van der Waals surface area contributed by atoms with E-state index in [1.54, 1.807) is 33.4 Å². The first-order valence-corrected chi connectivity index (χ1v) is 8.39. The average Bonchev–Trinajstić information content (AvgIpc) is 2.53. The van der Waals surface area contributed by atoms with Crippen molar-refractivity contribution in [2.75, 3.05) is 34.4 Å². The Labute approximate surface area is 155 Å². The molecule has 0 aliphatic rings. The van der Waals surface area contributed by atoms with Crippen molar-refractivity contribution < 1.29 is 14.3 Å². The Kier molecular flexibility index (Phi) is 8.48. The third-order valence-corrected chi connectivity index (χ3v) is 3.66. The van der Waals surface area contributed by atoms with Crippen LogP contribution in [0.25, 0.3) is 0 Å². The molecule has 1 rings (SSSR count). The van der Waals surface area contributed by atoms with Gasteiger partial charge in [0.05, 0.1) is 17.3 Å². The zero-order chi connectivity index (χ0) is 18.1. The third-order valence-electron chi connectivity index (χ3n) is 2.78. The largest absolute Gasteiger partial charge is 0.490 e. The number of hydrogen-bond acceptors (Lipinski definition) is 5. The molecule has 0 unspecified atom stereocenters. The maximum absolute atomic E-state index is 11.7. The Morgan fingerprint density at radius 2 is 2.12 bits per heavy atom. The third kappa shape index (κ3) is 6.32. The molecule has 2 N–H and O–H groups in total. The van der Waals surface area contributed by atoms with Gasteiger partial charge >= 0.3 is 0 Å². The van der Waals surface area contributed by atoms with E-state index in [-0.39, 0.29) is 12.5 Å². The van der Waals surface area contributed by atoms with Gasteiger partial charge in [-0.05, 0) is 52.8 Å². The van der Waals surface area contributed by atoms with Crippen molar-refractivity contribution in [1.82, 2.24) is 15.6 Å². The number of hydrazone groups is 1. The number of carbonyl (C=O) groups excluding carboxylic acids is 1. The van der Waals surface area contributed by atoms with Gasteiger partial charge in [0.2, 0.25) is 0 Å². The molecule has 0 saturated carbocycles. The number of carbonyl (C=O) groups is 1.